The summed E-state index contributed by atoms with van der Waals surface area (Å²) in [5.74, 6) is -0.387. The van der Waals surface area contributed by atoms with Gasteiger partial charge in [-0.3, -0.25) is 9.69 Å². The fraction of sp³-hybridized carbons (Fsp3) is 0.316. The van der Waals surface area contributed by atoms with Gasteiger partial charge in [-0.05, 0) is 18.1 Å². The van der Waals surface area contributed by atoms with E-state index >= 15 is 0 Å². The summed E-state index contributed by atoms with van der Waals surface area (Å²) in [7, 11) is 0. The van der Waals surface area contributed by atoms with Crippen molar-refractivity contribution < 1.29 is 14.6 Å². The minimum Gasteiger partial charge on any atom is -0.465 e. The molecule has 0 aliphatic heterocycles. The van der Waals surface area contributed by atoms with Gasteiger partial charge in [0.25, 0.3) is 0 Å². The van der Waals surface area contributed by atoms with Crippen LogP contribution >= 0.6 is 0 Å². The van der Waals surface area contributed by atoms with Crippen molar-refractivity contribution in [2.75, 3.05) is 13.2 Å². The van der Waals surface area contributed by atoms with E-state index in [9.17, 15) is 9.90 Å². The lowest BCUT2D eigenvalue weighted by molar-refractivity contribution is -0.151. The van der Waals surface area contributed by atoms with Crippen LogP contribution in [0.25, 0.3) is 0 Å². The number of aliphatic hydroxyl groups excluding tert-OH is 1. The Morgan fingerprint density at radius 2 is 1.48 bits per heavy atom. The second-order valence-electron chi connectivity index (χ2n) is 5.33. The minimum atomic E-state index is -0.671. The Bertz CT molecular complexity index is 545. The first-order valence-corrected chi connectivity index (χ1v) is 7.84. The molecule has 23 heavy (non-hydrogen) atoms. The highest BCUT2D eigenvalue weighted by molar-refractivity contribution is 5.75. The molecule has 1 unspecified atom stereocenters. The first-order valence-electron chi connectivity index (χ1n) is 7.84. The fourth-order valence-electron chi connectivity index (χ4n) is 2.49. The molecule has 2 aromatic carbocycles. The molecule has 0 saturated heterocycles. The van der Waals surface area contributed by atoms with Crippen molar-refractivity contribution in [2.45, 2.75) is 26.1 Å². The minimum absolute atomic E-state index is 0.265. The van der Waals surface area contributed by atoms with E-state index in [0.717, 1.165) is 11.1 Å². The quantitative estimate of drug-likeness (QED) is 0.761. The van der Waals surface area contributed by atoms with Gasteiger partial charge in [0.1, 0.15) is 6.04 Å². The lowest BCUT2D eigenvalue weighted by Crippen LogP contribution is -2.44. The zero-order chi connectivity index (χ0) is 16.5. The molecule has 0 spiro atoms. The summed E-state index contributed by atoms with van der Waals surface area (Å²) < 4.78 is 5.11. The van der Waals surface area contributed by atoms with Crippen molar-refractivity contribution in [1.82, 2.24) is 4.90 Å². The van der Waals surface area contributed by atoms with Gasteiger partial charge in [0.2, 0.25) is 0 Å². The van der Waals surface area contributed by atoms with Crippen LogP contribution < -0.4 is 0 Å². The monoisotopic (exact) mass is 313 g/mol. The Morgan fingerprint density at radius 3 is 1.87 bits per heavy atom. The normalized spacial score (nSPS) is 12.1. The number of aliphatic hydroxyl groups is 1. The summed E-state index contributed by atoms with van der Waals surface area (Å²) in [6.45, 7) is 2.95. The predicted octanol–water partition coefficient (Wildman–Crippen LogP) is 2.61. The average molecular weight is 313 g/mol. The third-order valence-electron chi connectivity index (χ3n) is 3.63. The summed E-state index contributed by atoms with van der Waals surface area (Å²) in [5.41, 5.74) is 2.18. The van der Waals surface area contributed by atoms with Crippen LogP contribution in [0.4, 0.5) is 0 Å². The van der Waals surface area contributed by atoms with E-state index in [1.807, 2.05) is 65.6 Å². The molecule has 4 nitrogen and oxygen atoms in total. The second kappa shape index (κ2) is 9.08. The van der Waals surface area contributed by atoms with Crippen LogP contribution in [0.2, 0.25) is 0 Å². The van der Waals surface area contributed by atoms with E-state index in [-0.39, 0.29) is 12.6 Å². The molecule has 2 aromatic rings. The van der Waals surface area contributed by atoms with E-state index in [0.29, 0.717) is 19.7 Å². The maximum absolute atomic E-state index is 12.2. The molecule has 0 amide bonds. The Balaban J connectivity index is 2.20. The lowest BCUT2D eigenvalue weighted by atomic mass is 10.1. The molecule has 0 radical (unpaired) electrons. The number of ether oxygens (including phenoxy) is 1. The van der Waals surface area contributed by atoms with Crippen LogP contribution in [0, 0.1) is 0 Å². The number of hydrogen-bond acceptors (Lipinski definition) is 4. The maximum atomic E-state index is 12.2. The van der Waals surface area contributed by atoms with Crippen molar-refractivity contribution in [3.63, 3.8) is 0 Å². The number of benzene rings is 2. The van der Waals surface area contributed by atoms with Crippen LogP contribution in [0.3, 0.4) is 0 Å². The molecule has 0 aliphatic carbocycles. The van der Waals surface area contributed by atoms with Gasteiger partial charge in [0.15, 0.2) is 0 Å². The van der Waals surface area contributed by atoms with Crippen LogP contribution in [-0.2, 0) is 22.6 Å². The Hall–Kier alpha value is -2.17. The van der Waals surface area contributed by atoms with E-state index in [4.69, 9.17) is 4.74 Å². The van der Waals surface area contributed by atoms with Gasteiger partial charge in [0.05, 0.1) is 13.2 Å². The van der Waals surface area contributed by atoms with Crippen molar-refractivity contribution in [3.05, 3.63) is 71.8 Å². The standard InChI is InChI=1S/C19H23NO3/c1-2-23-19(22)18(15-21)20(13-16-9-5-3-6-10-16)14-17-11-7-4-8-12-17/h3-12,18,21H,2,13-15H2,1H3. The Kier molecular flexibility index (Phi) is 6.78. The smallest absolute Gasteiger partial charge is 0.325 e. The van der Waals surface area contributed by atoms with Gasteiger partial charge in [-0.15, -0.1) is 0 Å². The largest absolute Gasteiger partial charge is 0.465 e. The van der Waals surface area contributed by atoms with Crippen molar-refractivity contribution in [3.8, 4) is 0 Å². The zero-order valence-corrected chi connectivity index (χ0v) is 13.4. The summed E-state index contributed by atoms with van der Waals surface area (Å²) in [6, 6.07) is 19.2. The van der Waals surface area contributed by atoms with Gasteiger partial charge < -0.3 is 9.84 Å². The highest BCUT2D eigenvalue weighted by Crippen LogP contribution is 2.14. The molecule has 2 rings (SSSR count). The Labute approximate surface area is 137 Å². The van der Waals surface area contributed by atoms with Crippen molar-refractivity contribution in [1.29, 1.82) is 0 Å². The molecule has 0 heterocycles. The zero-order valence-electron chi connectivity index (χ0n) is 13.4. The number of hydrogen-bond donors (Lipinski definition) is 1. The van der Waals surface area contributed by atoms with Gasteiger partial charge in [-0.2, -0.15) is 0 Å². The van der Waals surface area contributed by atoms with E-state index in [1.54, 1.807) is 6.92 Å². The summed E-state index contributed by atoms with van der Waals surface area (Å²) in [5, 5.41) is 9.71. The number of esters is 1. The second-order valence-corrected chi connectivity index (χ2v) is 5.33. The molecule has 0 saturated carbocycles. The lowest BCUT2D eigenvalue weighted by Gasteiger charge is -2.29. The molecule has 0 aliphatic rings. The molecule has 0 aromatic heterocycles. The van der Waals surface area contributed by atoms with Crippen LogP contribution in [0.1, 0.15) is 18.1 Å². The first-order chi connectivity index (χ1) is 11.2. The SMILES string of the molecule is CCOC(=O)C(CO)N(Cc1ccccc1)Cc1ccccc1. The van der Waals surface area contributed by atoms with Crippen LogP contribution in [0.15, 0.2) is 60.7 Å². The van der Waals surface area contributed by atoms with Gasteiger partial charge in [-0.25, -0.2) is 0 Å². The Morgan fingerprint density at radius 1 is 1.00 bits per heavy atom. The van der Waals surface area contributed by atoms with E-state index in [2.05, 4.69) is 0 Å². The summed E-state index contributed by atoms with van der Waals surface area (Å²) in [4.78, 5) is 14.1. The number of nitrogens with zero attached hydrogens (tertiary/aromatic N) is 1. The number of carbonyl (C=O) groups is 1. The molecule has 4 heteroatoms. The predicted molar refractivity (Wildman–Crippen MR) is 89.6 cm³/mol. The average Bonchev–Trinajstić information content (AvgIpc) is 2.57. The van der Waals surface area contributed by atoms with E-state index < -0.39 is 6.04 Å². The van der Waals surface area contributed by atoms with Crippen LogP contribution in [0.5, 0.6) is 0 Å². The van der Waals surface area contributed by atoms with E-state index in [1.165, 1.54) is 0 Å². The highest BCUT2D eigenvalue weighted by atomic mass is 16.5. The fourth-order valence-corrected chi connectivity index (χ4v) is 2.49. The summed E-state index contributed by atoms with van der Waals surface area (Å²) in [6.07, 6.45) is 0. The third kappa shape index (κ3) is 5.20. The van der Waals surface area contributed by atoms with Crippen molar-refractivity contribution in [2.24, 2.45) is 0 Å². The van der Waals surface area contributed by atoms with Gasteiger partial charge >= 0.3 is 5.97 Å². The molecular formula is C19H23NO3. The molecule has 0 bridgehead atoms. The molecule has 1 atom stereocenters. The van der Waals surface area contributed by atoms with Gasteiger partial charge in [0, 0.05) is 13.1 Å². The van der Waals surface area contributed by atoms with Crippen molar-refractivity contribution >= 4 is 5.97 Å². The maximum Gasteiger partial charge on any atom is 0.325 e. The molecular weight excluding hydrogens is 290 g/mol. The van der Waals surface area contributed by atoms with Crippen LogP contribution in [-0.4, -0.2) is 35.2 Å². The number of carbonyl (C=O) groups excluding carboxylic acids is 1. The number of rotatable bonds is 8. The topological polar surface area (TPSA) is 49.8 Å². The molecule has 122 valence electrons. The molecule has 0 fully saturated rings. The highest BCUT2D eigenvalue weighted by Gasteiger charge is 2.26. The third-order valence-corrected chi connectivity index (χ3v) is 3.63. The van der Waals surface area contributed by atoms with Gasteiger partial charge in [-0.1, -0.05) is 60.7 Å². The molecule has 1 N–H and O–H groups in total. The summed E-state index contributed by atoms with van der Waals surface area (Å²) >= 11 is 0. The first kappa shape index (κ1) is 17.2.